The van der Waals surface area contributed by atoms with Crippen molar-refractivity contribution in [3.05, 3.63) is 46.9 Å². The molecule has 1 atom stereocenters. The van der Waals surface area contributed by atoms with E-state index in [0.29, 0.717) is 6.04 Å². The summed E-state index contributed by atoms with van der Waals surface area (Å²) in [4.78, 5) is 4.64. The standard InChI is InChI=1S/C16H18N4OS/c1-20-14-5-2-4-13(12(14)9-18-20)17-8-11-10-22-16(19-11)15-6-3-7-21-15/h3,6-7,9-10,13,17H,2,4-5,8H2,1H3/t13-/m1/s1. The first-order chi connectivity index (χ1) is 10.8. The van der Waals surface area contributed by atoms with E-state index >= 15 is 0 Å². The molecule has 0 aliphatic heterocycles. The Kier molecular flexibility index (Phi) is 3.56. The second kappa shape index (κ2) is 5.70. The number of aryl methyl sites for hydroxylation is 1. The van der Waals surface area contributed by atoms with Gasteiger partial charge in [0.2, 0.25) is 0 Å². The van der Waals surface area contributed by atoms with Crippen LogP contribution in [-0.2, 0) is 20.0 Å². The molecule has 1 aliphatic rings. The van der Waals surface area contributed by atoms with Crippen molar-refractivity contribution in [3.8, 4) is 10.8 Å². The Morgan fingerprint density at radius 3 is 3.32 bits per heavy atom. The zero-order chi connectivity index (χ0) is 14.9. The number of furan rings is 1. The largest absolute Gasteiger partial charge is 0.462 e. The van der Waals surface area contributed by atoms with Crippen LogP contribution in [-0.4, -0.2) is 14.8 Å². The summed E-state index contributed by atoms with van der Waals surface area (Å²) in [6.07, 6.45) is 7.18. The highest BCUT2D eigenvalue weighted by Crippen LogP contribution is 2.30. The Balaban J connectivity index is 1.45. The van der Waals surface area contributed by atoms with E-state index in [-0.39, 0.29) is 0 Å². The van der Waals surface area contributed by atoms with Gasteiger partial charge in [-0.3, -0.25) is 4.68 Å². The van der Waals surface area contributed by atoms with E-state index in [1.54, 1.807) is 17.6 Å². The van der Waals surface area contributed by atoms with Crippen LogP contribution in [0, 0.1) is 0 Å². The highest BCUT2D eigenvalue weighted by atomic mass is 32.1. The first kappa shape index (κ1) is 13.7. The molecule has 114 valence electrons. The van der Waals surface area contributed by atoms with Crippen LogP contribution in [0.3, 0.4) is 0 Å². The van der Waals surface area contributed by atoms with E-state index < -0.39 is 0 Å². The molecular weight excluding hydrogens is 296 g/mol. The zero-order valence-electron chi connectivity index (χ0n) is 12.5. The second-order valence-electron chi connectivity index (χ2n) is 5.62. The summed E-state index contributed by atoms with van der Waals surface area (Å²) < 4.78 is 7.39. The fourth-order valence-electron chi connectivity index (χ4n) is 3.05. The van der Waals surface area contributed by atoms with Gasteiger partial charge in [0.1, 0.15) is 0 Å². The van der Waals surface area contributed by atoms with Gasteiger partial charge < -0.3 is 9.73 Å². The number of nitrogens with zero attached hydrogens (tertiary/aromatic N) is 3. The number of thiazole rings is 1. The van der Waals surface area contributed by atoms with Crippen molar-refractivity contribution < 1.29 is 4.42 Å². The maximum Gasteiger partial charge on any atom is 0.162 e. The zero-order valence-corrected chi connectivity index (χ0v) is 13.3. The molecule has 0 amide bonds. The average molecular weight is 314 g/mol. The first-order valence-corrected chi connectivity index (χ1v) is 8.41. The van der Waals surface area contributed by atoms with Crippen molar-refractivity contribution in [2.45, 2.75) is 31.8 Å². The Bertz CT molecular complexity index is 759. The predicted octanol–water partition coefficient (Wildman–Crippen LogP) is 3.30. The number of hydrogen-bond acceptors (Lipinski definition) is 5. The van der Waals surface area contributed by atoms with Crippen LogP contribution in [0.2, 0.25) is 0 Å². The third-order valence-corrected chi connectivity index (χ3v) is 5.09. The van der Waals surface area contributed by atoms with E-state index in [9.17, 15) is 0 Å². The van der Waals surface area contributed by atoms with Crippen LogP contribution in [0.1, 0.15) is 35.8 Å². The Morgan fingerprint density at radius 2 is 2.45 bits per heavy atom. The van der Waals surface area contributed by atoms with Gasteiger partial charge in [0, 0.05) is 36.3 Å². The normalized spacial score (nSPS) is 17.6. The fourth-order valence-corrected chi connectivity index (χ4v) is 3.83. The lowest BCUT2D eigenvalue weighted by atomic mass is 9.93. The van der Waals surface area contributed by atoms with Crippen molar-refractivity contribution >= 4 is 11.3 Å². The van der Waals surface area contributed by atoms with Crippen molar-refractivity contribution in [3.63, 3.8) is 0 Å². The molecule has 0 saturated heterocycles. The lowest BCUT2D eigenvalue weighted by molar-refractivity contribution is 0.450. The van der Waals surface area contributed by atoms with E-state index in [2.05, 4.69) is 20.8 Å². The molecule has 0 unspecified atom stereocenters. The van der Waals surface area contributed by atoms with Gasteiger partial charge in [-0.25, -0.2) is 4.98 Å². The Hall–Kier alpha value is -1.92. The summed E-state index contributed by atoms with van der Waals surface area (Å²) in [5, 5.41) is 11.1. The first-order valence-electron chi connectivity index (χ1n) is 7.53. The Labute approximate surface area is 133 Å². The summed E-state index contributed by atoms with van der Waals surface area (Å²) in [5.41, 5.74) is 3.76. The number of fused-ring (bicyclic) bond motifs is 1. The number of rotatable bonds is 4. The van der Waals surface area contributed by atoms with Crippen molar-refractivity contribution in [1.29, 1.82) is 0 Å². The van der Waals surface area contributed by atoms with Gasteiger partial charge >= 0.3 is 0 Å². The fraction of sp³-hybridized carbons (Fsp3) is 0.375. The van der Waals surface area contributed by atoms with Gasteiger partial charge in [0.05, 0.1) is 18.2 Å². The molecule has 1 aliphatic carbocycles. The van der Waals surface area contributed by atoms with Gasteiger partial charge in [0.15, 0.2) is 10.8 Å². The van der Waals surface area contributed by atoms with Crippen molar-refractivity contribution in [2.75, 3.05) is 0 Å². The molecular formula is C16H18N4OS. The van der Waals surface area contributed by atoms with Gasteiger partial charge in [-0.1, -0.05) is 0 Å². The minimum Gasteiger partial charge on any atom is -0.462 e. The third kappa shape index (κ3) is 2.48. The topological polar surface area (TPSA) is 55.9 Å². The lowest BCUT2D eigenvalue weighted by Gasteiger charge is -2.23. The summed E-state index contributed by atoms with van der Waals surface area (Å²) in [5.74, 6) is 0.837. The molecule has 22 heavy (non-hydrogen) atoms. The maximum absolute atomic E-state index is 5.39. The van der Waals surface area contributed by atoms with Gasteiger partial charge in [0.25, 0.3) is 0 Å². The summed E-state index contributed by atoms with van der Waals surface area (Å²) in [6.45, 7) is 0.774. The summed E-state index contributed by atoms with van der Waals surface area (Å²) in [7, 11) is 2.03. The van der Waals surface area contributed by atoms with Crippen LogP contribution in [0.5, 0.6) is 0 Å². The van der Waals surface area contributed by atoms with Crippen LogP contribution in [0.4, 0.5) is 0 Å². The molecule has 3 heterocycles. The quantitative estimate of drug-likeness (QED) is 0.803. The van der Waals surface area contributed by atoms with Gasteiger partial charge in [-0.05, 0) is 31.4 Å². The highest BCUT2D eigenvalue weighted by Gasteiger charge is 2.23. The highest BCUT2D eigenvalue weighted by molar-refractivity contribution is 7.13. The molecule has 6 heteroatoms. The molecule has 0 saturated carbocycles. The summed E-state index contributed by atoms with van der Waals surface area (Å²) >= 11 is 1.62. The average Bonchev–Trinajstić information content (AvgIpc) is 3.26. The monoisotopic (exact) mass is 314 g/mol. The van der Waals surface area contributed by atoms with E-state index in [0.717, 1.165) is 35.8 Å². The number of hydrogen-bond donors (Lipinski definition) is 1. The SMILES string of the molecule is Cn1ncc2c1CCC[C@H]2NCc1csc(-c2ccco2)n1. The molecule has 3 aromatic heterocycles. The minimum absolute atomic E-state index is 0.381. The molecule has 0 aromatic carbocycles. The minimum atomic E-state index is 0.381. The van der Waals surface area contributed by atoms with E-state index in [4.69, 9.17) is 4.42 Å². The third-order valence-electron chi connectivity index (χ3n) is 4.19. The Morgan fingerprint density at radius 1 is 1.50 bits per heavy atom. The molecule has 3 aromatic rings. The molecule has 1 N–H and O–H groups in total. The van der Waals surface area contributed by atoms with Crippen molar-refractivity contribution in [1.82, 2.24) is 20.1 Å². The lowest BCUT2D eigenvalue weighted by Crippen LogP contribution is -2.25. The van der Waals surface area contributed by atoms with Gasteiger partial charge in [-0.2, -0.15) is 5.10 Å². The predicted molar refractivity (Wildman–Crippen MR) is 85.5 cm³/mol. The van der Waals surface area contributed by atoms with Crippen LogP contribution < -0.4 is 5.32 Å². The molecule has 0 fully saturated rings. The van der Waals surface area contributed by atoms with E-state index in [1.807, 2.05) is 30.1 Å². The molecule has 0 spiro atoms. The van der Waals surface area contributed by atoms with Crippen molar-refractivity contribution in [2.24, 2.45) is 7.05 Å². The maximum atomic E-state index is 5.39. The van der Waals surface area contributed by atoms with E-state index in [1.165, 1.54) is 17.7 Å². The van der Waals surface area contributed by atoms with Crippen LogP contribution in [0.25, 0.3) is 10.8 Å². The number of nitrogens with one attached hydrogen (secondary N) is 1. The molecule has 5 nitrogen and oxygen atoms in total. The molecule has 0 bridgehead atoms. The molecule has 0 radical (unpaired) electrons. The van der Waals surface area contributed by atoms with Crippen LogP contribution in [0.15, 0.2) is 34.4 Å². The number of aromatic nitrogens is 3. The van der Waals surface area contributed by atoms with Crippen LogP contribution >= 0.6 is 11.3 Å². The second-order valence-corrected chi connectivity index (χ2v) is 6.48. The molecule has 4 rings (SSSR count). The summed E-state index contributed by atoms with van der Waals surface area (Å²) in [6, 6.07) is 4.21. The smallest absolute Gasteiger partial charge is 0.162 e. The van der Waals surface area contributed by atoms with Gasteiger partial charge in [-0.15, -0.1) is 11.3 Å².